The van der Waals surface area contributed by atoms with Gasteiger partial charge in [-0.25, -0.2) is 4.68 Å². The zero-order chi connectivity index (χ0) is 17.3. The number of hydrogen-bond acceptors (Lipinski definition) is 6. The quantitative estimate of drug-likeness (QED) is 0.472. The Morgan fingerprint density at radius 1 is 1.38 bits per heavy atom. The predicted molar refractivity (Wildman–Crippen MR) is 92.5 cm³/mol. The summed E-state index contributed by atoms with van der Waals surface area (Å²) in [6.07, 6.45) is 2.17. The zero-order valence-electron chi connectivity index (χ0n) is 13.5. The van der Waals surface area contributed by atoms with Gasteiger partial charge in [0.15, 0.2) is 11.6 Å². The molecule has 0 radical (unpaired) electrons. The van der Waals surface area contributed by atoms with Crippen molar-refractivity contribution in [3.05, 3.63) is 35.7 Å². The van der Waals surface area contributed by atoms with Gasteiger partial charge in [-0.3, -0.25) is 9.59 Å². The molecule has 0 unspecified atom stereocenters. The molecule has 126 valence electrons. The molecule has 1 aliphatic carbocycles. The van der Waals surface area contributed by atoms with Crippen molar-refractivity contribution in [3.63, 3.8) is 0 Å². The third-order valence-electron chi connectivity index (χ3n) is 3.82. The Balaban J connectivity index is 1.64. The number of hydrogen-bond donors (Lipinski definition) is 2. The van der Waals surface area contributed by atoms with Crippen LogP contribution in [0.5, 0.6) is 0 Å². The van der Waals surface area contributed by atoms with Gasteiger partial charge in [0.1, 0.15) is 0 Å². The fourth-order valence-electron chi connectivity index (χ4n) is 2.26. The Morgan fingerprint density at radius 2 is 2.12 bits per heavy atom. The summed E-state index contributed by atoms with van der Waals surface area (Å²) in [5.41, 5.74) is 1.15. The number of rotatable bonds is 6. The number of anilines is 1. The predicted octanol–water partition coefficient (Wildman–Crippen LogP) is 2.19. The van der Waals surface area contributed by atoms with Gasteiger partial charge in [-0.15, -0.1) is 10.2 Å². The molecule has 0 bridgehead atoms. The van der Waals surface area contributed by atoms with E-state index in [1.165, 1.54) is 23.4 Å². The average Bonchev–Trinajstić information content (AvgIpc) is 3.33. The van der Waals surface area contributed by atoms with Gasteiger partial charge in [-0.2, -0.15) is 0 Å². The summed E-state index contributed by atoms with van der Waals surface area (Å²) in [7, 11) is 0. The molecule has 24 heavy (non-hydrogen) atoms. The topological polar surface area (TPSA) is 103 Å². The van der Waals surface area contributed by atoms with E-state index >= 15 is 0 Å². The van der Waals surface area contributed by atoms with Crippen LogP contribution in [0.2, 0.25) is 0 Å². The van der Waals surface area contributed by atoms with Crippen molar-refractivity contribution >= 4 is 29.1 Å². The maximum Gasteiger partial charge on any atom is 0.237 e. The number of carbonyl (C=O) groups excluding carboxylic acids is 2. The van der Waals surface area contributed by atoms with E-state index in [4.69, 9.17) is 5.84 Å². The lowest BCUT2D eigenvalue weighted by Crippen LogP contribution is -2.24. The summed E-state index contributed by atoms with van der Waals surface area (Å²) in [6.45, 7) is 3.27. The standard InChI is InChI=1S/C16H19N5O2S/c1-9(22)12-4-3-5-13(8-12)18-15(23)10(2)24-16-20-19-14(21(16)17)11-6-7-11/h3-5,8,10-11H,6-7,17H2,1-2H3,(H,18,23)/t10-/m0/s1. The van der Waals surface area contributed by atoms with Crippen LogP contribution < -0.4 is 11.2 Å². The number of nitrogen functional groups attached to an aromatic ring is 1. The molecule has 0 spiro atoms. The highest BCUT2D eigenvalue weighted by atomic mass is 32.2. The molecule has 7 nitrogen and oxygen atoms in total. The normalized spacial score (nSPS) is 15.1. The number of nitrogens with zero attached hydrogens (tertiary/aromatic N) is 3. The molecule has 1 aromatic heterocycles. The van der Waals surface area contributed by atoms with E-state index in [0.717, 1.165) is 18.7 Å². The number of benzene rings is 1. The van der Waals surface area contributed by atoms with Gasteiger partial charge in [0.2, 0.25) is 11.1 Å². The monoisotopic (exact) mass is 345 g/mol. The van der Waals surface area contributed by atoms with E-state index in [1.54, 1.807) is 31.2 Å². The zero-order valence-corrected chi connectivity index (χ0v) is 14.3. The van der Waals surface area contributed by atoms with Crippen LogP contribution in [0.3, 0.4) is 0 Å². The Bertz CT molecular complexity index is 785. The Hall–Kier alpha value is -2.35. The van der Waals surface area contributed by atoms with Crippen LogP contribution >= 0.6 is 11.8 Å². The van der Waals surface area contributed by atoms with E-state index in [0.29, 0.717) is 22.3 Å². The molecule has 2 aromatic rings. The lowest BCUT2D eigenvalue weighted by atomic mass is 10.1. The van der Waals surface area contributed by atoms with Crippen molar-refractivity contribution in [2.45, 2.75) is 43.0 Å². The smallest absolute Gasteiger partial charge is 0.237 e. The van der Waals surface area contributed by atoms with Gasteiger partial charge in [0, 0.05) is 17.2 Å². The lowest BCUT2D eigenvalue weighted by molar-refractivity contribution is -0.115. The van der Waals surface area contributed by atoms with E-state index in [1.807, 2.05) is 0 Å². The van der Waals surface area contributed by atoms with Crippen LogP contribution in [0.4, 0.5) is 5.69 Å². The van der Waals surface area contributed by atoms with Crippen molar-refractivity contribution in [2.75, 3.05) is 11.2 Å². The minimum atomic E-state index is -0.399. The summed E-state index contributed by atoms with van der Waals surface area (Å²) in [4.78, 5) is 23.8. The van der Waals surface area contributed by atoms with E-state index < -0.39 is 5.25 Å². The Morgan fingerprint density at radius 3 is 2.79 bits per heavy atom. The highest BCUT2D eigenvalue weighted by Gasteiger charge is 2.30. The molecule has 1 heterocycles. The van der Waals surface area contributed by atoms with Gasteiger partial charge in [-0.05, 0) is 38.8 Å². The largest absolute Gasteiger partial charge is 0.336 e. The number of nitrogens with one attached hydrogen (secondary N) is 1. The SMILES string of the molecule is CC(=O)c1cccc(NC(=O)[C@H](C)Sc2nnc(C3CC3)n2N)c1. The van der Waals surface area contributed by atoms with Crippen LogP contribution in [0.15, 0.2) is 29.4 Å². The second-order valence-corrected chi connectivity index (χ2v) is 7.18. The molecule has 3 N–H and O–H groups in total. The first-order valence-electron chi connectivity index (χ1n) is 7.74. The maximum absolute atomic E-state index is 12.3. The molecule has 1 saturated carbocycles. The number of carbonyl (C=O) groups is 2. The third-order valence-corrected chi connectivity index (χ3v) is 4.88. The van der Waals surface area contributed by atoms with Crippen LogP contribution in [0, 0.1) is 0 Å². The van der Waals surface area contributed by atoms with Gasteiger partial charge in [-0.1, -0.05) is 23.9 Å². The molecule has 3 rings (SSSR count). The van der Waals surface area contributed by atoms with E-state index in [2.05, 4.69) is 15.5 Å². The van der Waals surface area contributed by atoms with Crippen molar-refractivity contribution in [2.24, 2.45) is 0 Å². The summed E-state index contributed by atoms with van der Waals surface area (Å²) in [6, 6.07) is 6.86. The number of aromatic nitrogens is 3. The van der Waals surface area contributed by atoms with E-state index in [9.17, 15) is 9.59 Å². The first-order valence-corrected chi connectivity index (χ1v) is 8.62. The Kier molecular flexibility index (Phi) is 4.57. The van der Waals surface area contributed by atoms with Crippen LogP contribution in [-0.4, -0.2) is 31.8 Å². The summed E-state index contributed by atoms with van der Waals surface area (Å²) in [5.74, 6) is 6.95. The first kappa shape index (κ1) is 16.5. The number of amides is 1. The van der Waals surface area contributed by atoms with Crippen molar-refractivity contribution < 1.29 is 9.59 Å². The van der Waals surface area contributed by atoms with Crippen LogP contribution in [0.25, 0.3) is 0 Å². The fourth-order valence-corrected chi connectivity index (χ4v) is 3.04. The number of thioether (sulfide) groups is 1. The number of nitrogens with two attached hydrogens (primary N) is 1. The summed E-state index contributed by atoms with van der Waals surface area (Å²) in [5, 5.41) is 11.1. The van der Waals surface area contributed by atoms with Crippen molar-refractivity contribution in [3.8, 4) is 0 Å². The van der Waals surface area contributed by atoms with Gasteiger partial charge in [0.25, 0.3) is 0 Å². The van der Waals surface area contributed by atoms with Gasteiger partial charge >= 0.3 is 0 Å². The molecule has 1 aliphatic rings. The minimum Gasteiger partial charge on any atom is -0.336 e. The highest BCUT2D eigenvalue weighted by molar-refractivity contribution is 8.00. The summed E-state index contributed by atoms with van der Waals surface area (Å²) >= 11 is 1.26. The van der Waals surface area contributed by atoms with Crippen molar-refractivity contribution in [1.29, 1.82) is 0 Å². The lowest BCUT2D eigenvalue weighted by Gasteiger charge is -2.12. The van der Waals surface area contributed by atoms with Gasteiger partial charge < -0.3 is 11.2 Å². The second-order valence-electron chi connectivity index (χ2n) is 5.87. The molecule has 0 aliphatic heterocycles. The van der Waals surface area contributed by atoms with Crippen LogP contribution in [-0.2, 0) is 4.79 Å². The Labute approximate surface area is 144 Å². The van der Waals surface area contributed by atoms with Crippen molar-refractivity contribution in [1.82, 2.24) is 14.9 Å². The van der Waals surface area contributed by atoms with Gasteiger partial charge in [0.05, 0.1) is 5.25 Å². The fraction of sp³-hybridized carbons (Fsp3) is 0.375. The molecular weight excluding hydrogens is 326 g/mol. The van der Waals surface area contributed by atoms with Crippen LogP contribution in [0.1, 0.15) is 48.8 Å². The minimum absolute atomic E-state index is 0.0441. The second kappa shape index (κ2) is 6.64. The number of Topliss-reactive ketones (excluding diaryl/α,β-unsaturated/α-hetero) is 1. The highest BCUT2D eigenvalue weighted by Crippen LogP contribution is 2.39. The number of ketones is 1. The van der Waals surface area contributed by atoms with E-state index in [-0.39, 0.29) is 11.7 Å². The maximum atomic E-state index is 12.3. The molecule has 8 heteroatoms. The molecule has 1 aromatic carbocycles. The molecule has 1 fully saturated rings. The third kappa shape index (κ3) is 3.59. The summed E-state index contributed by atoms with van der Waals surface area (Å²) < 4.78 is 1.47. The first-order chi connectivity index (χ1) is 11.5. The molecular formula is C16H19N5O2S. The molecule has 1 atom stereocenters. The molecule has 0 saturated heterocycles. The molecule has 1 amide bonds. The average molecular weight is 345 g/mol.